The zero-order valence-corrected chi connectivity index (χ0v) is 18.1. The van der Waals surface area contributed by atoms with Crippen molar-refractivity contribution in [3.05, 3.63) is 59.7 Å². The second kappa shape index (κ2) is 9.02. The van der Waals surface area contributed by atoms with Gasteiger partial charge in [-0.3, -0.25) is 9.59 Å². The molecule has 1 atom stereocenters. The van der Waals surface area contributed by atoms with Gasteiger partial charge < -0.3 is 20.5 Å². The molecule has 7 heteroatoms. The van der Waals surface area contributed by atoms with Crippen LogP contribution < -0.4 is 10.6 Å². The number of carboxylic acid groups (broad SMARTS) is 1. The molecular weight excluding hydrogens is 408 g/mol. The molecule has 2 aromatic carbocycles. The normalized spacial score (nSPS) is 16.8. The topological polar surface area (TPSA) is 105 Å². The number of carbonyl (C=O) groups excluding carboxylic acids is 2. The number of amides is 2. The van der Waals surface area contributed by atoms with Gasteiger partial charge in [0.1, 0.15) is 6.61 Å². The molecule has 0 radical (unpaired) electrons. The zero-order valence-electron chi connectivity index (χ0n) is 18.1. The summed E-state index contributed by atoms with van der Waals surface area (Å²) in [4.78, 5) is 35.9. The van der Waals surface area contributed by atoms with Crippen molar-refractivity contribution in [1.29, 1.82) is 0 Å². The predicted molar refractivity (Wildman–Crippen MR) is 119 cm³/mol. The summed E-state index contributed by atoms with van der Waals surface area (Å²) in [6.45, 7) is 2.03. The standard InChI is InChI=1S/C25H28N2O5/c1-16(23(30)27-25(11-6-12-25)13-22(28)29)14-26-24(31)32-15-21-19-9-4-2-7-17(19)18-8-3-5-10-20(18)21/h2-5,7-10,16,21H,6,11-15H2,1H3,(H,26,31)(H,27,30)(H,28,29). The summed E-state index contributed by atoms with van der Waals surface area (Å²) in [5, 5.41) is 14.6. The highest BCUT2D eigenvalue weighted by Gasteiger charge is 2.41. The average Bonchev–Trinajstić information content (AvgIpc) is 3.08. The Bertz CT molecular complexity index is 985. The van der Waals surface area contributed by atoms with E-state index in [0.29, 0.717) is 12.8 Å². The van der Waals surface area contributed by atoms with Crippen LogP contribution in [0.1, 0.15) is 49.7 Å². The van der Waals surface area contributed by atoms with E-state index in [9.17, 15) is 14.4 Å². The van der Waals surface area contributed by atoms with Gasteiger partial charge in [-0.05, 0) is 41.5 Å². The Balaban J connectivity index is 1.28. The number of carboxylic acids is 1. The van der Waals surface area contributed by atoms with Crippen molar-refractivity contribution in [1.82, 2.24) is 10.6 Å². The number of ether oxygens (including phenoxy) is 1. The maximum Gasteiger partial charge on any atom is 0.407 e. The van der Waals surface area contributed by atoms with E-state index in [0.717, 1.165) is 28.7 Å². The van der Waals surface area contributed by atoms with Crippen LogP contribution in [0.3, 0.4) is 0 Å². The van der Waals surface area contributed by atoms with Gasteiger partial charge in [0.05, 0.1) is 17.9 Å². The molecule has 2 aliphatic rings. The minimum atomic E-state index is -0.922. The monoisotopic (exact) mass is 436 g/mol. The Hall–Kier alpha value is -3.35. The van der Waals surface area contributed by atoms with Crippen LogP contribution in [0.2, 0.25) is 0 Å². The molecule has 0 aromatic heterocycles. The molecule has 0 bridgehead atoms. The number of hydrogen-bond acceptors (Lipinski definition) is 4. The first-order chi connectivity index (χ1) is 15.4. The zero-order chi connectivity index (χ0) is 22.7. The molecule has 2 amide bonds. The molecule has 0 heterocycles. The molecule has 0 aliphatic heterocycles. The number of rotatable bonds is 8. The van der Waals surface area contributed by atoms with Gasteiger partial charge in [-0.2, -0.15) is 0 Å². The van der Waals surface area contributed by atoms with E-state index < -0.39 is 23.5 Å². The smallest absolute Gasteiger partial charge is 0.407 e. The minimum absolute atomic E-state index is 0.0247. The molecule has 2 aromatic rings. The van der Waals surface area contributed by atoms with Crippen molar-refractivity contribution in [2.75, 3.05) is 13.2 Å². The lowest BCUT2D eigenvalue weighted by Gasteiger charge is -2.42. The van der Waals surface area contributed by atoms with Crippen molar-refractivity contribution in [3.63, 3.8) is 0 Å². The largest absolute Gasteiger partial charge is 0.481 e. The van der Waals surface area contributed by atoms with E-state index in [4.69, 9.17) is 9.84 Å². The molecule has 0 saturated heterocycles. The van der Waals surface area contributed by atoms with Crippen LogP contribution in [0, 0.1) is 5.92 Å². The van der Waals surface area contributed by atoms with Crippen molar-refractivity contribution in [2.45, 2.75) is 44.1 Å². The lowest BCUT2D eigenvalue weighted by molar-refractivity contribution is -0.140. The van der Waals surface area contributed by atoms with Crippen LogP contribution in [0.4, 0.5) is 4.79 Å². The lowest BCUT2D eigenvalue weighted by atomic mass is 9.74. The van der Waals surface area contributed by atoms with Crippen molar-refractivity contribution < 1.29 is 24.2 Å². The van der Waals surface area contributed by atoms with Crippen LogP contribution in [0.15, 0.2) is 48.5 Å². The molecule has 1 unspecified atom stereocenters. The Kier molecular flexibility index (Phi) is 6.17. The fourth-order valence-electron chi connectivity index (χ4n) is 4.60. The van der Waals surface area contributed by atoms with Gasteiger partial charge in [0, 0.05) is 12.5 Å². The summed E-state index contributed by atoms with van der Waals surface area (Å²) < 4.78 is 5.50. The molecular formula is C25H28N2O5. The van der Waals surface area contributed by atoms with E-state index in [1.54, 1.807) is 6.92 Å². The first kappa shape index (κ1) is 21.9. The number of hydrogen-bond donors (Lipinski definition) is 3. The van der Waals surface area contributed by atoms with E-state index in [-0.39, 0.29) is 31.4 Å². The highest BCUT2D eigenvalue weighted by Crippen LogP contribution is 2.44. The molecule has 3 N–H and O–H groups in total. The van der Waals surface area contributed by atoms with Gasteiger partial charge in [-0.15, -0.1) is 0 Å². The highest BCUT2D eigenvalue weighted by molar-refractivity contribution is 5.81. The first-order valence-corrected chi connectivity index (χ1v) is 11.0. The van der Waals surface area contributed by atoms with E-state index in [1.807, 2.05) is 24.3 Å². The summed E-state index contributed by atoms with van der Waals surface area (Å²) in [6.07, 6.45) is 1.58. The second-order valence-electron chi connectivity index (χ2n) is 8.80. The first-order valence-electron chi connectivity index (χ1n) is 11.0. The van der Waals surface area contributed by atoms with Crippen molar-refractivity contribution >= 4 is 18.0 Å². The lowest BCUT2D eigenvalue weighted by Crippen LogP contribution is -2.56. The van der Waals surface area contributed by atoms with Crippen molar-refractivity contribution in [2.24, 2.45) is 5.92 Å². The molecule has 32 heavy (non-hydrogen) atoms. The van der Waals surface area contributed by atoms with Crippen LogP contribution in [-0.4, -0.2) is 41.8 Å². The maximum absolute atomic E-state index is 12.5. The fraction of sp³-hybridized carbons (Fsp3) is 0.400. The second-order valence-corrected chi connectivity index (χ2v) is 8.80. The minimum Gasteiger partial charge on any atom is -0.481 e. The molecule has 0 spiro atoms. The summed E-state index contributed by atoms with van der Waals surface area (Å²) in [6, 6.07) is 16.2. The SMILES string of the molecule is CC(CNC(=O)OCC1c2ccccc2-c2ccccc21)C(=O)NC1(CC(=O)O)CCC1. The number of alkyl carbamates (subject to hydrolysis) is 1. The summed E-state index contributed by atoms with van der Waals surface area (Å²) in [5.41, 5.74) is 3.94. The molecule has 4 rings (SSSR count). The van der Waals surface area contributed by atoms with Gasteiger partial charge in [0.2, 0.25) is 5.91 Å². The quantitative estimate of drug-likeness (QED) is 0.586. The Morgan fingerprint density at radius 1 is 1.06 bits per heavy atom. The van der Waals surface area contributed by atoms with Gasteiger partial charge >= 0.3 is 12.1 Å². The average molecular weight is 437 g/mol. The number of aliphatic carboxylic acids is 1. The van der Waals surface area contributed by atoms with Crippen LogP contribution in [-0.2, 0) is 14.3 Å². The van der Waals surface area contributed by atoms with Crippen LogP contribution in [0.25, 0.3) is 11.1 Å². The summed E-state index contributed by atoms with van der Waals surface area (Å²) >= 11 is 0. The van der Waals surface area contributed by atoms with Gasteiger partial charge in [0.15, 0.2) is 0 Å². The van der Waals surface area contributed by atoms with E-state index in [2.05, 4.69) is 34.9 Å². The Labute approximate surface area is 187 Å². The molecule has 7 nitrogen and oxygen atoms in total. The number of carbonyl (C=O) groups is 3. The third-order valence-electron chi connectivity index (χ3n) is 6.53. The third-order valence-corrected chi connectivity index (χ3v) is 6.53. The van der Waals surface area contributed by atoms with E-state index >= 15 is 0 Å². The van der Waals surface area contributed by atoms with Crippen LogP contribution in [0.5, 0.6) is 0 Å². The molecule has 168 valence electrons. The van der Waals surface area contributed by atoms with E-state index in [1.165, 1.54) is 0 Å². The molecule has 2 aliphatic carbocycles. The van der Waals surface area contributed by atoms with Crippen LogP contribution >= 0.6 is 0 Å². The maximum atomic E-state index is 12.5. The van der Waals surface area contributed by atoms with Gasteiger partial charge in [-0.1, -0.05) is 55.5 Å². The number of benzene rings is 2. The third kappa shape index (κ3) is 4.47. The highest BCUT2D eigenvalue weighted by atomic mass is 16.5. The van der Waals surface area contributed by atoms with Crippen molar-refractivity contribution in [3.8, 4) is 11.1 Å². The summed E-state index contributed by atoms with van der Waals surface area (Å²) in [5.74, 6) is -1.70. The Morgan fingerprint density at radius 2 is 1.66 bits per heavy atom. The number of fused-ring (bicyclic) bond motifs is 3. The summed E-state index contributed by atoms with van der Waals surface area (Å²) in [7, 11) is 0. The van der Waals surface area contributed by atoms with Gasteiger partial charge in [0.25, 0.3) is 0 Å². The molecule has 1 saturated carbocycles. The fourth-order valence-corrected chi connectivity index (χ4v) is 4.60. The predicted octanol–water partition coefficient (Wildman–Crippen LogP) is 3.67. The van der Waals surface area contributed by atoms with Gasteiger partial charge in [-0.25, -0.2) is 4.79 Å². The number of nitrogens with one attached hydrogen (secondary N) is 2. The Morgan fingerprint density at radius 3 is 2.19 bits per heavy atom. The molecule has 1 fully saturated rings.